The number of rotatable bonds is 7. The first-order valence-corrected chi connectivity index (χ1v) is 9.29. The number of aryl methyl sites for hydroxylation is 2. The van der Waals surface area contributed by atoms with Crippen molar-refractivity contribution in [2.75, 3.05) is 11.9 Å². The summed E-state index contributed by atoms with van der Waals surface area (Å²) in [7, 11) is 0. The number of carbonyl (C=O) groups is 2. The molecule has 8 heteroatoms. The van der Waals surface area contributed by atoms with Crippen molar-refractivity contribution in [3.8, 4) is 0 Å². The predicted octanol–water partition coefficient (Wildman–Crippen LogP) is 2.96. The molecule has 0 fully saturated rings. The van der Waals surface area contributed by atoms with Crippen molar-refractivity contribution in [1.29, 1.82) is 0 Å². The van der Waals surface area contributed by atoms with Crippen LogP contribution in [0.15, 0.2) is 51.7 Å². The molecule has 0 spiro atoms. The van der Waals surface area contributed by atoms with Gasteiger partial charge < -0.3 is 15.1 Å². The molecule has 0 saturated carbocycles. The second-order valence-corrected chi connectivity index (χ2v) is 6.65. The zero-order valence-corrected chi connectivity index (χ0v) is 16.1. The molecule has 7 nitrogen and oxygen atoms in total. The van der Waals surface area contributed by atoms with Crippen LogP contribution in [0.5, 0.6) is 0 Å². The maximum Gasteiger partial charge on any atom is 0.419 e. The summed E-state index contributed by atoms with van der Waals surface area (Å²) in [5, 5.41) is 5.81. The fourth-order valence-electron chi connectivity index (χ4n) is 2.88. The number of nitrogens with one attached hydrogen (secondary N) is 2. The van der Waals surface area contributed by atoms with E-state index in [0.29, 0.717) is 16.1 Å². The first-order chi connectivity index (χ1) is 13.5. The third-order valence-electron chi connectivity index (χ3n) is 4.31. The standard InChI is InChI=1S/C20H20ClN3O4/c1-2-13-5-3-4-6-15(13)23-19(26)12-22-18(25)9-10-24-16-8-7-14(21)11-17(16)28-20(24)27/h3-8,11H,2,9-10,12H2,1H3,(H,22,25)(H,23,26). The maximum atomic E-state index is 12.1. The van der Waals surface area contributed by atoms with Crippen LogP contribution < -0.4 is 16.4 Å². The Hall–Kier alpha value is -3.06. The van der Waals surface area contributed by atoms with Gasteiger partial charge in [0.1, 0.15) is 0 Å². The summed E-state index contributed by atoms with van der Waals surface area (Å²) in [6, 6.07) is 12.4. The van der Waals surface area contributed by atoms with Gasteiger partial charge >= 0.3 is 5.76 Å². The largest absolute Gasteiger partial charge is 0.419 e. The molecule has 0 aliphatic carbocycles. The summed E-state index contributed by atoms with van der Waals surface area (Å²) in [5.41, 5.74) is 2.69. The van der Waals surface area contributed by atoms with E-state index in [2.05, 4.69) is 10.6 Å². The summed E-state index contributed by atoms with van der Waals surface area (Å²) in [5.74, 6) is -1.21. The SMILES string of the molecule is CCc1ccccc1NC(=O)CNC(=O)CCn1c(=O)oc2cc(Cl)ccc21. The Morgan fingerprint density at radius 1 is 1.14 bits per heavy atom. The number of para-hydroxylation sites is 1. The highest BCUT2D eigenvalue weighted by Crippen LogP contribution is 2.18. The Bertz CT molecular complexity index is 1070. The average molecular weight is 402 g/mol. The van der Waals surface area contributed by atoms with Gasteiger partial charge in [-0.25, -0.2) is 4.79 Å². The van der Waals surface area contributed by atoms with Crippen LogP contribution in [0.2, 0.25) is 5.02 Å². The van der Waals surface area contributed by atoms with Gasteiger partial charge in [-0.15, -0.1) is 0 Å². The smallest absolute Gasteiger partial charge is 0.408 e. The van der Waals surface area contributed by atoms with Crippen molar-refractivity contribution in [3.05, 3.63) is 63.6 Å². The lowest BCUT2D eigenvalue weighted by atomic mass is 10.1. The van der Waals surface area contributed by atoms with Gasteiger partial charge in [0, 0.05) is 29.7 Å². The first kappa shape index (κ1) is 19.7. The Labute approximate surface area is 166 Å². The third-order valence-corrected chi connectivity index (χ3v) is 4.55. The van der Waals surface area contributed by atoms with E-state index < -0.39 is 5.76 Å². The summed E-state index contributed by atoms with van der Waals surface area (Å²) in [6.07, 6.45) is 0.831. The van der Waals surface area contributed by atoms with Crippen LogP contribution in [-0.4, -0.2) is 22.9 Å². The highest BCUT2D eigenvalue weighted by Gasteiger charge is 2.12. The molecule has 28 heavy (non-hydrogen) atoms. The number of carbonyl (C=O) groups excluding carboxylic acids is 2. The van der Waals surface area contributed by atoms with Crippen molar-refractivity contribution in [2.24, 2.45) is 0 Å². The molecule has 146 valence electrons. The van der Waals surface area contributed by atoms with Crippen LogP contribution in [0.3, 0.4) is 0 Å². The Balaban J connectivity index is 1.53. The lowest BCUT2D eigenvalue weighted by Crippen LogP contribution is -2.33. The molecular formula is C20H20ClN3O4. The second kappa shape index (κ2) is 8.75. The maximum absolute atomic E-state index is 12.1. The molecule has 0 unspecified atom stereocenters. The predicted molar refractivity (Wildman–Crippen MR) is 108 cm³/mol. The van der Waals surface area contributed by atoms with Gasteiger partial charge in [0.05, 0.1) is 12.1 Å². The lowest BCUT2D eigenvalue weighted by Gasteiger charge is -2.10. The molecule has 2 amide bonds. The summed E-state index contributed by atoms with van der Waals surface area (Å²) < 4.78 is 6.49. The number of oxazole rings is 1. The zero-order valence-electron chi connectivity index (χ0n) is 15.3. The molecule has 0 aliphatic rings. The van der Waals surface area contributed by atoms with Crippen LogP contribution in [0.1, 0.15) is 18.9 Å². The summed E-state index contributed by atoms with van der Waals surface area (Å²) in [4.78, 5) is 36.1. The number of halogens is 1. The fourth-order valence-corrected chi connectivity index (χ4v) is 3.04. The highest BCUT2D eigenvalue weighted by atomic mass is 35.5. The highest BCUT2D eigenvalue weighted by molar-refractivity contribution is 6.31. The van der Waals surface area contributed by atoms with E-state index in [-0.39, 0.29) is 31.3 Å². The van der Waals surface area contributed by atoms with Crippen LogP contribution in [0.25, 0.3) is 11.1 Å². The average Bonchev–Trinajstić information content (AvgIpc) is 2.99. The van der Waals surface area contributed by atoms with Crippen molar-refractivity contribution in [2.45, 2.75) is 26.3 Å². The van der Waals surface area contributed by atoms with E-state index in [0.717, 1.165) is 17.7 Å². The normalized spacial score (nSPS) is 10.8. The number of fused-ring (bicyclic) bond motifs is 1. The van der Waals surface area contributed by atoms with Gasteiger partial charge in [-0.05, 0) is 30.2 Å². The molecule has 2 N–H and O–H groups in total. The monoisotopic (exact) mass is 401 g/mol. The number of hydrogen-bond donors (Lipinski definition) is 2. The minimum Gasteiger partial charge on any atom is -0.408 e. The number of nitrogens with zero attached hydrogens (tertiary/aromatic N) is 1. The van der Waals surface area contributed by atoms with E-state index >= 15 is 0 Å². The molecular weight excluding hydrogens is 382 g/mol. The van der Waals surface area contributed by atoms with Gasteiger partial charge in [-0.2, -0.15) is 0 Å². The number of amides is 2. The molecule has 0 bridgehead atoms. The molecule has 0 saturated heterocycles. The fraction of sp³-hybridized carbons (Fsp3) is 0.250. The first-order valence-electron chi connectivity index (χ1n) is 8.91. The van der Waals surface area contributed by atoms with Gasteiger partial charge in [0.25, 0.3) is 0 Å². The minimum atomic E-state index is -0.556. The van der Waals surface area contributed by atoms with Gasteiger partial charge in [0.15, 0.2) is 5.58 Å². The quantitative estimate of drug-likeness (QED) is 0.636. The van der Waals surface area contributed by atoms with E-state index in [1.165, 1.54) is 4.57 Å². The number of benzene rings is 2. The van der Waals surface area contributed by atoms with Crippen molar-refractivity contribution < 1.29 is 14.0 Å². The Morgan fingerprint density at radius 3 is 2.71 bits per heavy atom. The van der Waals surface area contributed by atoms with Crippen molar-refractivity contribution in [3.63, 3.8) is 0 Å². The number of aromatic nitrogens is 1. The summed E-state index contributed by atoms with van der Waals surface area (Å²) >= 11 is 5.88. The molecule has 1 heterocycles. The molecule has 1 aromatic heterocycles. The topological polar surface area (TPSA) is 93.3 Å². The van der Waals surface area contributed by atoms with Crippen LogP contribution in [0.4, 0.5) is 5.69 Å². The Kier molecular flexibility index (Phi) is 6.16. The third kappa shape index (κ3) is 4.61. The Morgan fingerprint density at radius 2 is 1.93 bits per heavy atom. The second-order valence-electron chi connectivity index (χ2n) is 6.22. The van der Waals surface area contributed by atoms with E-state index in [1.54, 1.807) is 18.2 Å². The molecule has 3 aromatic rings. The van der Waals surface area contributed by atoms with Crippen molar-refractivity contribution >= 4 is 40.2 Å². The minimum absolute atomic E-state index is 0.0377. The summed E-state index contributed by atoms with van der Waals surface area (Å²) in [6.45, 7) is 2.00. The molecule has 0 aliphatic heterocycles. The van der Waals surface area contributed by atoms with Gasteiger partial charge in [-0.1, -0.05) is 36.7 Å². The van der Waals surface area contributed by atoms with Crippen LogP contribution in [0, 0.1) is 0 Å². The van der Waals surface area contributed by atoms with Gasteiger partial charge in [-0.3, -0.25) is 14.2 Å². The molecule has 2 aromatic carbocycles. The lowest BCUT2D eigenvalue weighted by molar-refractivity contribution is -0.124. The van der Waals surface area contributed by atoms with E-state index in [1.807, 2.05) is 31.2 Å². The van der Waals surface area contributed by atoms with E-state index in [9.17, 15) is 14.4 Å². The number of hydrogen-bond acceptors (Lipinski definition) is 4. The molecule has 3 rings (SSSR count). The molecule has 0 atom stereocenters. The number of anilines is 1. The van der Waals surface area contributed by atoms with Crippen LogP contribution in [-0.2, 0) is 22.6 Å². The van der Waals surface area contributed by atoms with E-state index in [4.69, 9.17) is 16.0 Å². The van der Waals surface area contributed by atoms with Gasteiger partial charge in [0.2, 0.25) is 11.8 Å². The van der Waals surface area contributed by atoms with Crippen LogP contribution >= 0.6 is 11.6 Å². The zero-order chi connectivity index (χ0) is 20.1. The molecule has 0 radical (unpaired) electrons. The van der Waals surface area contributed by atoms with Crippen molar-refractivity contribution in [1.82, 2.24) is 9.88 Å².